The Hall–Kier alpha value is -0.960. The standard InChI is InChI=1S/C13H20N2O4S2/c1-21(17,18)15(11-4-8-19-9-5-11)7-6-14-13(16)12-3-2-10-20-12/h2-3,10-11H,4-9H2,1H3,(H,14,16). The summed E-state index contributed by atoms with van der Waals surface area (Å²) in [5.41, 5.74) is 0. The van der Waals surface area contributed by atoms with Crippen LogP contribution in [0.15, 0.2) is 17.5 Å². The minimum absolute atomic E-state index is 0.0348. The van der Waals surface area contributed by atoms with E-state index >= 15 is 0 Å². The highest BCUT2D eigenvalue weighted by atomic mass is 32.2. The molecule has 0 saturated carbocycles. The van der Waals surface area contributed by atoms with Gasteiger partial charge in [-0.2, -0.15) is 4.31 Å². The van der Waals surface area contributed by atoms with E-state index in [9.17, 15) is 13.2 Å². The van der Waals surface area contributed by atoms with Crippen LogP contribution < -0.4 is 5.32 Å². The molecular weight excluding hydrogens is 312 g/mol. The zero-order valence-electron chi connectivity index (χ0n) is 11.9. The molecule has 1 N–H and O–H groups in total. The Morgan fingerprint density at radius 3 is 2.76 bits per heavy atom. The van der Waals surface area contributed by atoms with Crippen molar-refractivity contribution in [2.24, 2.45) is 0 Å². The first-order valence-corrected chi connectivity index (χ1v) is 9.57. The van der Waals surface area contributed by atoms with Gasteiger partial charge in [-0.1, -0.05) is 6.07 Å². The van der Waals surface area contributed by atoms with Crippen LogP contribution in [0.1, 0.15) is 22.5 Å². The minimum atomic E-state index is -3.29. The van der Waals surface area contributed by atoms with Gasteiger partial charge >= 0.3 is 0 Å². The topological polar surface area (TPSA) is 75.7 Å². The third-order valence-corrected chi connectivity index (χ3v) is 5.59. The highest BCUT2D eigenvalue weighted by molar-refractivity contribution is 7.88. The molecule has 0 aromatic carbocycles. The van der Waals surface area contributed by atoms with E-state index in [1.807, 2.05) is 11.4 Å². The lowest BCUT2D eigenvalue weighted by atomic mass is 10.1. The molecule has 2 heterocycles. The predicted octanol–water partition coefficient (Wildman–Crippen LogP) is 0.919. The molecule has 2 rings (SSSR count). The third-order valence-electron chi connectivity index (χ3n) is 3.39. The molecule has 1 amide bonds. The predicted molar refractivity (Wildman–Crippen MR) is 82.0 cm³/mol. The summed E-state index contributed by atoms with van der Waals surface area (Å²) in [6.45, 7) is 1.76. The number of thiophene rings is 1. The average molecular weight is 332 g/mol. The van der Waals surface area contributed by atoms with E-state index in [2.05, 4.69) is 5.32 Å². The van der Waals surface area contributed by atoms with Gasteiger partial charge in [-0.25, -0.2) is 8.42 Å². The Kier molecular flexibility index (Phi) is 5.74. The first-order chi connectivity index (χ1) is 9.98. The van der Waals surface area contributed by atoms with E-state index in [-0.39, 0.29) is 11.9 Å². The number of ether oxygens (including phenoxy) is 1. The maximum absolute atomic E-state index is 11.9. The van der Waals surface area contributed by atoms with Crippen LogP contribution in [0.2, 0.25) is 0 Å². The van der Waals surface area contributed by atoms with Crippen molar-refractivity contribution < 1.29 is 17.9 Å². The van der Waals surface area contributed by atoms with Gasteiger partial charge in [0.25, 0.3) is 5.91 Å². The maximum atomic E-state index is 11.9. The van der Waals surface area contributed by atoms with Crippen molar-refractivity contribution >= 4 is 27.3 Å². The molecule has 118 valence electrons. The third kappa shape index (κ3) is 4.77. The molecule has 1 aliphatic heterocycles. The summed E-state index contributed by atoms with van der Waals surface area (Å²) >= 11 is 1.36. The number of hydrogen-bond acceptors (Lipinski definition) is 5. The van der Waals surface area contributed by atoms with Gasteiger partial charge in [0.2, 0.25) is 10.0 Å². The van der Waals surface area contributed by atoms with E-state index in [0.29, 0.717) is 44.0 Å². The van der Waals surface area contributed by atoms with Crippen LogP contribution in [0.25, 0.3) is 0 Å². The molecule has 0 radical (unpaired) electrons. The fourth-order valence-corrected chi connectivity index (χ4v) is 4.18. The van der Waals surface area contributed by atoms with Gasteiger partial charge in [0, 0.05) is 32.3 Å². The summed E-state index contributed by atoms with van der Waals surface area (Å²) in [5, 5.41) is 4.59. The molecule has 8 heteroatoms. The van der Waals surface area contributed by atoms with Gasteiger partial charge in [0.05, 0.1) is 11.1 Å². The van der Waals surface area contributed by atoms with E-state index < -0.39 is 10.0 Å². The van der Waals surface area contributed by atoms with Crippen molar-refractivity contribution in [3.63, 3.8) is 0 Å². The second-order valence-corrected chi connectivity index (χ2v) is 7.83. The second kappa shape index (κ2) is 7.35. The lowest BCUT2D eigenvalue weighted by molar-refractivity contribution is 0.0585. The van der Waals surface area contributed by atoms with Crippen LogP contribution in [0.3, 0.4) is 0 Å². The van der Waals surface area contributed by atoms with Crippen LogP contribution >= 0.6 is 11.3 Å². The molecule has 1 aromatic heterocycles. The Morgan fingerprint density at radius 1 is 1.48 bits per heavy atom. The monoisotopic (exact) mass is 332 g/mol. The number of nitrogens with zero attached hydrogens (tertiary/aromatic N) is 1. The normalized spacial score (nSPS) is 17.0. The molecule has 0 bridgehead atoms. The highest BCUT2D eigenvalue weighted by Crippen LogP contribution is 2.17. The summed E-state index contributed by atoms with van der Waals surface area (Å²) in [6, 6.07) is 3.52. The van der Waals surface area contributed by atoms with Crippen molar-refractivity contribution in [2.45, 2.75) is 18.9 Å². The number of hydrogen-bond donors (Lipinski definition) is 1. The summed E-state index contributed by atoms with van der Waals surface area (Å²) in [4.78, 5) is 12.5. The first-order valence-electron chi connectivity index (χ1n) is 6.85. The smallest absolute Gasteiger partial charge is 0.261 e. The van der Waals surface area contributed by atoms with Crippen molar-refractivity contribution in [1.82, 2.24) is 9.62 Å². The average Bonchev–Trinajstić information content (AvgIpc) is 2.97. The molecule has 0 aliphatic carbocycles. The van der Waals surface area contributed by atoms with Crippen LogP contribution in [-0.2, 0) is 14.8 Å². The second-order valence-electron chi connectivity index (χ2n) is 4.95. The van der Waals surface area contributed by atoms with Gasteiger partial charge in [-0.3, -0.25) is 4.79 Å². The maximum Gasteiger partial charge on any atom is 0.261 e. The fraction of sp³-hybridized carbons (Fsp3) is 0.615. The quantitative estimate of drug-likeness (QED) is 0.840. The molecular formula is C13H20N2O4S2. The highest BCUT2D eigenvalue weighted by Gasteiger charge is 2.28. The molecule has 1 aromatic rings. The van der Waals surface area contributed by atoms with Crippen molar-refractivity contribution in [3.05, 3.63) is 22.4 Å². The molecule has 0 spiro atoms. The summed E-state index contributed by atoms with van der Waals surface area (Å²) < 4.78 is 30.6. The van der Waals surface area contributed by atoms with Crippen LogP contribution in [-0.4, -0.2) is 57.2 Å². The molecule has 6 nitrogen and oxygen atoms in total. The van der Waals surface area contributed by atoms with Crippen molar-refractivity contribution in [3.8, 4) is 0 Å². The lowest BCUT2D eigenvalue weighted by Crippen LogP contribution is -2.46. The Labute approximate surface area is 129 Å². The lowest BCUT2D eigenvalue weighted by Gasteiger charge is -2.32. The van der Waals surface area contributed by atoms with Crippen molar-refractivity contribution in [1.29, 1.82) is 0 Å². The summed E-state index contributed by atoms with van der Waals surface area (Å²) in [5.74, 6) is -0.162. The van der Waals surface area contributed by atoms with Gasteiger partial charge in [-0.15, -0.1) is 11.3 Å². The number of carbonyl (C=O) groups excluding carboxylic acids is 1. The van der Waals surface area contributed by atoms with E-state index in [1.54, 1.807) is 6.07 Å². The minimum Gasteiger partial charge on any atom is -0.381 e. The summed E-state index contributed by atoms with van der Waals surface area (Å²) in [7, 11) is -3.29. The van der Waals surface area contributed by atoms with Gasteiger partial charge in [0.15, 0.2) is 0 Å². The first kappa shape index (κ1) is 16.4. The largest absolute Gasteiger partial charge is 0.381 e. The van der Waals surface area contributed by atoms with E-state index in [1.165, 1.54) is 21.9 Å². The Morgan fingerprint density at radius 2 is 2.19 bits per heavy atom. The number of sulfonamides is 1. The molecule has 0 atom stereocenters. The van der Waals surface area contributed by atoms with Gasteiger partial charge in [-0.05, 0) is 24.3 Å². The van der Waals surface area contributed by atoms with Gasteiger partial charge in [0.1, 0.15) is 0 Å². The van der Waals surface area contributed by atoms with Crippen LogP contribution in [0.4, 0.5) is 0 Å². The molecule has 0 unspecified atom stereocenters. The Balaban J connectivity index is 1.89. The number of nitrogens with one attached hydrogen (secondary N) is 1. The van der Waals surface area contributed by atoms with E-state index in [0.717, 1.165) is 0 Å². The zero-order chi connectivity index (χ0) is 15.3. The van der Waals surface area contributed by atoms with Crippen LogP contribution in [0, 0.1) is 0 Å². The van der Waals surface area contributed by atoms with Gasteiger partial charge < -0.3 is 10.1 Å². The van der Waals surface area contributed by atoms with Crippen LogP contribution in [0.5, 0.6) is 0 Å². The van der Waals surface area contributed by atoms with Crippen molar-refractivity contribution in [2.75, 3.05) is 32.6 Å². The number of amides is 1. The zero-order valence-corrected chi connectivity index (χ0v) is 13.6. The molecule has 1 saturated heterocycles. The molecule has 21 heavy (non-hydrogen) atoms. The SMILES string of the molecule is CS(=O)(=O)N(CCNC(=O)c1cccs1)C1CCOCC1. The number of rotatable bonds is 6. The number of carbonyl (C=O) groups is 1. The summed E-state index contributed by atoms with van der Waals surface area (Å²) in [6.07, 6.45) is 2.61. The fourth-order valence-electron chi connectivity index (χ4n) is 2.37. The van der Waals surface area contributed by atoms with E-state index in [4.69, 9.17) is 4.74 Å². The molecule has 1 fully saturated rings. The molecule has 1 aliphatic rings. The Bertz CT molecular complexity index is 551.